The maximum atomic E-state index is 2.46. The van der Waals surface area contributed by atoms with Gasteiger partial charge in [-0.05, 0) is 78.4 Å². The van der Waals surface area contributed by atoms with Crippen LogP contribution >= 0.6 is 0 Å². The Kier molecular flexibility index (Phi) is 7.71. The highest BCUT2D eigenvalue weighted by molar-refractivity contribution is 6.04. The Morgan fingerprint density at radius 3 is 1.40 bits per heavy atom. The SMILES string of the molecule is CC1(C)c2ccccc2-c2cc(C(c3ccccc3)c3cccc(C(=C(c4ccccc4)c4ccccc4)c4ccccc4)c3)ccc21. The Hall–Kier alpha value is -5.72. The summed E-state index contributed by atoms with van der Waals surface area (Å²) in [6, 6.07) is 68.9. The van der Waals surface area contributed by atoms with E-state index in [-0.39, 0.29) is 11.3 Å². The van der Waals surface area contributed by atoms with Gasteiger partial charge in [-0.3, -0.25) is 0 Å². The normalized spacial score (nSPS) is 13.3. The molecule has 230 valence electrons. The number of fused-ring (bicyclic) bond motifs is 3. The lowest BCUT2D eigenvalue weighted by Gasteiger charge is -2.24. The van der Waals surface area contributed by atoms with Gasteiger partial charge in [0.05, 0.1) is 0 Å². The summed E-state index contributed by atoms with van der Waals surface area (Å²) in [5.41, 5.74) is 16.6. The standard InChI is InChI=1S/C48H38/c1-48(2)43-29-16-15-28-41(43)42-33-40(30-31-44(42)48)45(34-18-7-3-8-19-34)38-26-17-27-39(32-38)47(37-24-13-6-14-25-37)46(35-20-9-4-10-21-35)36-22-11-5-12-23-36/h3-33,45H,1-2H3. The van der Waals surface area contributed by atoms with Gasteiger partial charge in [0, 0.05) is 11.3 Å². The third-order valence-corrected chi connectivity index (χ3v) is 10.0. The summed E-state index contributed by atoms with van der Waals surface area (Å²) < 4.78 is 0. The van der Waals surface area contributed by atoms with Crippen LogP contribution in [-0.4, -0.2) is 0 Å². The summed E-state index contributed by atoms with van der Waals surface area (Å²) in [6.45, 7) is 4.70. The van der Waals surface area contributed by atoms with Crippen LogP contribution in [0.1, 0.15) is 69.8 Å². The van der Waals surface area contributed by atoms with Crippen molar-refractivity contribution in [2.24, 2.45) is 0 Å². The summed E-state index contributed by atoms with van der Waals surface area (Å²) in [5, 5.41) is 0. The molecular formula is C48H38. The van der Waals surface area contributed by atoms with Crippen molar-refractivity contribution < 1.29 is 0 Å². The smallest absolute Gasteiger partial charge is 0.0340 e. The molecule has 0 heteroatoms. The molecule has 7 aromatic carbocycles. The minimum absolute atomic E-state index is 0.0206. The number of benzene rings is 7. The molecule has 0 saturated heterocycles. The van der Waals surface area contributed by atoms with Crippen LogP contribution in [0, 0.1) is 0 Å². The average molecular weight is 615 g/mol. The minimum atomic E-state index is -0.0206. The molecular weight excluding hydrogens is 577 g/mol. The van der Waals surface area contributed by atoms with Crippen LogP contribution in [0.15, 0.2) is 188 Å². The van der Waals surface area contributed by atoms with Gasteiger partial charge in [0.2, 0.25) is 0 Å². The van der Waals surface area contributed by atoms with Crippen molar-refractivity contribution >= 4 is 11.1 Å². The maximum absolute atomic E-state index is 2.46. The zero-order valence-corrected chi connectivity index (χ0v) is 27.5. The third-order valence-electron chi connectivity index (χ3n) is 10.0. The van der Waals surface area contributed by atoms with Gasteiger partial charge in [-0.2, -0.15) is 0 Å². The highest BCUT2D eigenvalue weighted by Gasteiger charge is 2.35. The van der Waals surface area contributed by atoms with Crippen molar-refractivity contribution in [1.82, 2.24) is 0 Å². The lowest BCUT2D eigenvalue weighted by molar-refractivity contribution is 0.660. The number of hydrogen-bond donors (Lipinski definition) is 0. The summed E-state index contributed by atoms with van der Waals surface area (Å²) in [6.07, 6.45) is 0. The van der Waals surface area contributed by atoms with Crippen LogP contribution in [0.2, 0.25) is 0 Å². The van der Waals surface area contributed by atoms with Gasteiger partial charge < -0.3 is 0 Å². The largest absolute Gasteiger partial charge is 0.0622 e. The first-order chi connectivity index (χ1) is 23.6. The van der Waals surface area contributed by atoms with E-state index in [2.05, 4.69) is 202 Å². The Morgan fingerprint density at radius 1 is 0.354 bits per heavy atom. The molecule has 1 aliphatic carbocycles. The molecule has 0 N–H and O–H groups in total. The molecule has 0 saturated carbocycles. The fourth-order valence-electron chi connectivity index (χ4n) is 7.74. The monoisotopic (exact) mass is 614 g/mol. The van der Waals surface area contributed by atoms with Crippen LogP contribution < -0.4 is 0 Å². The molecule has 0 aliphatic heterocycles. The van der Waals surface area contributed by atoms with E-state index < -0.39 is 0 Å². The molecule has 0 spiro atoms. The molecule has 8 rings (SSSR count). The fraction of sp³-hybridized carbons (Fsp3) is 0.0833. The number of hydrogen-bond acceptors (Lipinski definition) is 0. The van der Waals surface area contributed by atoms with E-state index in [1.165, 1.54) is 72.3 Å². The van der Waals surface area contributed by atoms with Gasteiger partial charge in [-0.25, -0.2) is 0 Å². The molecule has 1 atom stereocenters. The second-order valence-electron chi connectivity index (χ2n) is 13.3. The van der Waals surface area contributed by atoms with Crippen molar-refractivity contribution in [3.8, 4) is 11.1 Å². The molecule has 0 amide bonds. The predicted molar refractivity (Wildman–Crippen MR) is 202 cm³/mol. The van der Waals surface area contributed by atoms with Crippen LogP contribution in [0.5, 0.6) is 0 Å². The Balaban J connectivity index is 1.36. The fourth-order valence-corrected chi connectivity index (χ4v) is 7.74. The predicted octanol–water partition coefficient (Wildman–Crippen LogP) is 12.2. The van der Waals surface area contributed by atoms with Gasteiger partial charge in [-0.15, -0.1) is 0 Å². The zero-order chi connectivity index (χ0) is 32.5. The number of rotatable bonds is 7. The maximum Gasteiger partial charge on any atom is 0.0340 e. The van der Waals surface area contributed by atoms with E-state index in [1.54, 1.807) is 0 Å². The minimum Gasteiger partial charge on any atom is -0.0622 e. The molecule has 1 unspecified atom stereocenters. The Morgan fingerprint density at radius 2 is 0.792 bits per heavy atom. The Labute approximate surface area is 284 Å². The Bertz CT molecular complexity index is 2180. The van der Waals surface area contributed by atoms with Crippen LogP contribution in [-0.2, 0) is 5.41 Å². The molecule has 1 aliphatic rings. The second-order valence-corrected chi connectivity index (χ2v) is 13.3. The average Bonchev–Trinajstić information content (AvgIpc) is 3.38. The van der Waals surface area contributed by atoms with E-state index in [0.29, 0.717) is 0 Å². The van der Waals surface area contributed by atoms with Crippen molar-refractivity contribution in [1.29, 1.82) is 0 Å². The first-order valence-corrected chi connectivity index (χ1v) is 16.9. The second kappa shape index (κ2) is 12.5. The van der Waals surface area contributed by atoms with Gasteiger partial charge in [0.15, 0.2) is 0 Å². The summed E-state index contributed by atoms with van der Waals surface area (Å²) in [4.78, 5) is 0. The summed E-state index contributed by atoms with van der Waals surface area (Å²) >= 11 is 0. The third kappa shape index (κ3) is 5.30. The quantitative estimate of drug-likeness (QED) is 0.124. The van der Waals surface area contributed by atoms with Crippen molar-refractivity contribution in [2.45, 2.75) is 25.2 Å². The van der Waals surface area contributed by atoms with Crippen LogP contribution in [0.4, 0.5) is 0 Å². The van der Waals surface area contributed by atoms with E-state index in [1.807, 2.05) is 0 Å². The molecule has 0 nitrogen and oxygen atoms in total. The molecule has 0 radical (unpaired) electrons. The van der Waals surface area contributed by atoms with Gasteiger partial charge in [0.1, 0.15) is 0 Å². The highest BCUT2D eigenvalue weighted by atomic mass is 14.4. The molecule has 48 heavy (non-hydrogen) atoms. The van der Waals surface area contributed by atoms with Crippen LogP contribution in [0.3, 0.4) is 0 Å². The van der Waals surface area contributed by atoms with E-state index >= 15 is 0 Å². The molecule has 0 bridgehead atoms. The lowest BCUT2D eigenvalue weighted by Crippen LogP contribution is -2.15. The van der Waals surface area contributed by atoms with Gasteiger partial charge in [0.25, 0.3) is 0 Å². The molecule has 0 fully saturated rings. The summed E-state index contributed by atoms with van der Waals surface area (Å²) in [7, 11) is 0. The van der Waals surface area contributed by atoms with Crippen molar-refractivity contribution in [3.05, 3.63) is 238 Å². The topological polar surface area (TPSA) is 0 Å². The molecule has 0 aromatic heterocycles. The van der Waals surface area contributed by atoms with Crippen molar-refractivity contribution in [3.63, 3.8) is 0 Å². The van der Waals surface area contributed by atoms with Crippen molar-refractivity contribution in [2.75, 3.05) is 0 Å². The van der Waals surface area contributed by atoms with E-state index in [0.717, 1.165) is 0 Å². The highest BCUT2D eigenvalue weighted by Crippen LogP contribution is 2.50. The summed E-state index contributed by atoms with van der Waals surface area (Å²) in [5.74, 6) is 0.0706. The van der Waals surface area contributed by atoms with Gasteiger partial charge in [-0.1, -0.05) is 196 Å². The zero-order valence-electron chi connectivity index (χ0n) is 27.5. The molecule has 7 aromatic rings. The molecule has 0 heterocycles. The van der Waals surface area contributed by atoms with Gasteiger partial charge >= 0.3 is 0 Å². The van der Waals surface area contributed by atoms with Crippen LogP contribution in [0.25, 0.3) is 22.3 Å². The first-order valence-electron chi connectivity index (χ1n) is 16.9. The first kappa shape index (κ1) is 29.7. The van der Waals surface area contributed by atoms with E-state index in [4.69, 9.17) is 0 Å². The van der Waals surface area contributed by atoms with E-state index in [9.17, 15) is 0 Å². The lowest BCUT2D eigenvalue weighted by atomic mass is 9.79.